The second-order valence-corrected chi connectivity index (χ2v) is 3.69. The van der Waals surface area contributed by atoms with Crippen LogP contribution in [0, 0.1) is 0 Å². The molecule has 0 saturated heterocycles. The molecule has 0 spiro atoms. The van der Waals surface area contributed by atoms with E-state index < -0.39 is 0 Å². The number of unbranched alkanes of at least 4 members (excludes halogenated alkanes) is 4. The van der Waals surface area contributed by atoms with Crippen LogP contribution in [0.25, 0.3) is 0 Å². The minimum absolute atomic E-state index is 0.206. The van der Waals surface area contributed by atoms with Gasteiger partial charge in [0.05, 0.1) is 6.61 Å². The summed E-state index contributed by atoms with van der Waals surface area (Å²) in [5.41, 5.74) is 0. The molecule has 0 atom stereocenters. The summed E-state index contributed by atoms with van der Waals surface area (Å²) in [6.45, 7) is 2.85. The first-order valence-electron chi connectivity index (χ1n) is 5.84. The van der Waals surface area contributed by atoms with Crippen LogP contribution in [-0.2, 0) is 14.3 Å². The molecule has 1 aliphatic heterocycles. The summed E-state index contributed by atoms with van der Waals surface area (Å²) in [7, 11) is 0. The van der Waals surface area contributed by atoms with Crippen LogP contribution in [0.4, 0.5) is 0 Å². The minimum atomic E-state index is -0.387. The van der Waals surface area contributed by atoms with Crippen molar-refractivity contribution in [2.45, 2.75) is 39.0 Å². The summed E-state index contributed by atoms with van der Waals surface area (Å²) in [6, 6.07) is 0. The van der Waals surface area contributed by atoms with Gasteiger partial charge in [0.2, 0.25) is 5.76 Å². The Bertz CT molecular complexity index is 271. The Labute approximate surface area is 96.3 Å². The number of nitrogens with zero attached hydrogens (tertiary/aromatic N) is 1. The van der Waals surface area contributed by atoms with E-state index in [4.69, 9.17) is 9.47 Å². The number of hydrogen-bond donors (Lipinski definition) is 0. The van der Waals surface area contributed by atoms with Gasteiger partial charge in [0.25, 0.3) is 0 Å². The van der Waals surface area contributed by atoms with E-state index in [1.165, 1.54) is 25.3 Å². The standard InChI is InChI=1S/C12H19NO3/c1-2-3-4-5-6-9-15-12(14)11-7-8-13-10-16-11/h7-8H,2-6,9-10H2,1H3. The fraction of sp³-hybridized carbons (Fsp3) is 0.667. The SMILES string of the molecule is CCCCCCCOC(=O)C1=CC=NCO1. The van der Waals surface area contributed by atoms with Gasteiger partial charge in [-0.25, -0.2) is 4.79 Å². The molecule has 4 nitrogen and oxygen atoms in total. The van der Waals surface area contributed by atoms with Crippen molar-refractivity contribution in [3.05, 3.63) is 11.8 Å². The first kappa shape index (κ1) is 12.7. The van der Waals surface area contributed by atoms with Gasteiger partial charge in [-0.1, -0.05) is 32.6 Å². The number of carbonyl (C=O) groups is 1. The normalized spacial score (nSPS) is 14.2. The molecule has 0 aromatic carbocycles. The number of carbonyl (C=O) groups excluding carboxylic acids is 1. The molecule has 0 fully saturated rings. The second kappa shape index (κ2) is 7.91. The van der Waals surface area contributed by atoms with E-state index in [1.54, 1.807) is 6.21 Å². The summed E-state index contributed by atoms with van der Waals surface area (Å²) in [6.07, 6.45) is 8.80. The molecule has 0 unspecified atom stereocenters. The quantitative estimate of drug-likeness (QED) is 0.494. The third-order valence-electron chi connectivity index (χ3n) is 2.31. The number of hydrogen-bond acceptors (Lipinski definition) is 4. The molecule has 0 N–H and O–H groups in total. The molecular formula is C12H19NO3. The molecule has 0 radical (unpaired) electrons. The molecule has 4 heteroatoms. The third-order valence-corrected chi connectivity index (χ3v) is 2.31. The zero-order valence-electron chi connectivity index (χ0n) is 9.78. The lowest BCUT2D eigenvalue weighted by molar-refractivity contribution is -0.143. The second-order valence-electron chi connectivity index (χ2n) is 3.69. The highest BCUT2D eigenvalue weighted by Crippen LogP contribution is 2.06. The Morgan fingerprint density at radius 2 is 2.25 bits per heavy atom. The minimum Gasteiger partial charge on any atom is -0.464 e. The molecule has 0 aliphatic carbocycles. The summed E-state index contributed by atoms with van der Waals surface area (Å²) >= 11 is 0. The Hall–Kier alpha value is -1.32. The first-order valence-corrected chi connectivity index (χ1v) is 5.84. The molecule has 1 rings (SSSR count). The Morgan fingerprint density at radius 1 is 1.44 bits per heavy atom. The highest BCUT2D eigenvalue weighted by Gasteiger charge is 2.13. The van der Waals surface area contributed by atoms with Crippen molar-refractivity contribution in [1.82, 2.24) is 0 Å². The predicted molar refractivity (Wildman–Crippen MR) is 62.2 cm³/mol. The van der Waals surface area contributed by atoms with E-state index in [0.717, 1.165) is 12.8 Å². The average Bonchev–Trinajstić information content (AvgIpc) is 2.34. The first-order chi connectivity index (χ1) is 7.84. The van der Waals surface area contributed by atoms with E-state index in [9.17, 15) is 4.79 Å². The maximum absolute atomic E-state index is 11.4. The van der Waals surface area contributed by atoms with Gasteiger partial charge in [-0.3, -0.25) is 4.99 Å². The van der Waals surface area contributed by atoms with Crippen molar-refractivity contribution < 1.29 is 14.3 Å². The molecule has 0 aromatic rings. The third kappa shape index (κ3) is 4.96. The number of allylic oxidation sites excluding steroid dienone is 1. The van der Waals surface area contributed by atoms with Crippen LogP contribution in [0.15, 0.2) is 16.8 Å². The van der Waals surface area contributed by atoms with Gasteiger partial charge in [-0.05, 0) is 6.42 Å². The van der Waals surface area contributed by atoms with Gasteiger partial charge < -0.3 is 9.47 Å². The largest absolute Gasteiger partial charge is 0.464 e. The number of ether oxygens (including phenoxy) is 2. The summed E-state index contributed by atoms with van der Waals surface area (Å²) in [5, 5.41) is 0. The summed E-state index contributed by atoms with van der Waals surface area (Å²) in [5.74, 6) is -0.134. The summed E-state index contributed by atoms with van der Waals surface area (Å²) in [4.78, 5) is 15.2. The lowest BCUT2D eigenvalue weighted by Crippen LogP contribution is -2.14. The molecule has 90 valence electrons. The highest BCUT2D eigenvalue weighted by atomic mass is 16.6. The molecule has 0 amide bonds. The van der Waals surface area contributed by atoms with Crippen molar-refractivity contribution in [1.29, 1.82) is 0 Å². The zero-order chi connectivity index (χ0) is 11.6. The van der Waals surface area contributed by atoms with E-state index in [-0.39, 0.29) is 18.5 Å². The number of aliphatic imine (C=N–C) groups is 1. The monoisotopic (exact) mass is 225 g/mol. The fourth-order valence-corrected chi connectivity index (χ4v) is 1.39. The Morgan fingerprint density at radius 3 is 2.94 bits per heavy atom. The van der Waals surface area contributed by atoms with Crippen molar-refractivity contribution >= 4 is 12.2 Å². The van der Waals surface area contributed by atoms with Crippen molar-refractivity contribution in [3.8, 4) is 0 Å². The lowest BCUT2D eigenvalue weighted by atomic mass is 10.2. The van der Waals surface area contributed by atoms with E-state index in [2.05, 4.69) is 11.9 Å². The number of esters is 1. The topological polar surface area (TPSA) is 47.9 Å². The van der Waals surface area contributed by atoms with Gasteiger partial charge in [0, 0.05) is 12.3 Å². The van der Waals surface area contributed by atoms with Gasteiger partial charge in [-0.15, -0.1) is 0 Å². The summed E-state index contributed by atoms with van der Waals surface area (Å²) < 4.78 is 10.1. The van der Waals surface area contributed by atoms with Gasteiger partial charge in [-0.2, -0.15) is 0 Å². The van der Waals surface area contributed by atoms with Gasteiger partial charge >= 0.3 is 5.97 Å². The smallest absolute Gasteiger partial charge is 0.373 e. The highest BCUT2D eigenvalue weighted by molar-refractivity contribution is 5.92. The van der Waals surface area contributed by atoms with Crippen LogP contribution >= 0.6 is 0 Å². The van der Waals surface area contributed by atoms with E-state index in [1.807, 2.05) is 0 Å². The van der Waals surface area contributed by atoms with Crippen molar-refractivity contribution in [3.63, 3.8) is 0 Å². The Kier molecular flexibility index (Phi) is 6.30. The van der Waals surface area contributed by atoms with Crippen LogP contribution < -0.4 is 0 Å². The van der Waals surface area contributed by atoms with Crippen LogP contribution in [-0.4, -0.2) is 25.5 Å². The fourth-order valence-electron chi connectivity index (χ4n) is 1.39. The van der Waals surface area contributed by atoms with Crippen molar-refractivity contribution in [2.24, 2.45) is 4.99 Å². The molecule has 0 bridgehead atoms. The maximum atomic E-state index is 11.4. The predicted octanol–water partition coefficient (Wildman–Crippen LogP) is 2.44. The molecule has 1 aliphatic rings. The maximum Gasteiger partial charge on any atom is 0.373 e. The van der Waals surface area contributed by atoms with Crippen LogP contribution in [0.5, 0.6) is 0 Å². The van der Waals surface area contributed by atoms with Gasteiger partial charge in [0.1, 0.15) is 0 Å². The van der Waals surface area contributed by atoms with Crippen LogP contribution in [0.1, 0.15) is 39.0 Å². The molecule has 0 aromatic heterocycles. The van der Waals surface area contributed by atoms with Crippen LogP contribution in [0.2, 0.25) is 0 Å². The number of rotatable bonds is 7. The van der Waals surface area contributed by atoms with Gasteiger partial charge in [0.15, 0.2) is 6.73 Å². The molecule has 16 heavy (non-hydrogen) atoms. The molecule has 1 heterocycles. The molecule has 0 saturated carbocycles. The van der Waals surface area contributed by atoms with Crippen molar-refractivity contribution in [2.75, 3.05) is 13.3 Å². The Balaban J connectivity index is 2.06. The van der Waals surface area contributed by atoms with E-state index >= 15 is 0 Å². The zero-order valence-corrected chi connectivity index (χ0v) is 9.78. The average molecular weight is 225 g/mol. The molecular weight excluding hydrogens is 206 g/mol. The lowest BCUT2D eigenvalue weighted by Gasteiger charge is -2.10. The van der Waals surface area contributed by atoms with Crippen LogP contribution in [0.3, 0.4) is 0 Å². The van der Waals surface area contributed by atoms with E-state index in [0.29, 0.717) is 6.61 Å².